The number of rotatable bonds is 5. The average molecular weight is 411 g/mol. The summed E-state index contributed by atoms with van der Waals surface area (Å²) < 4.78 is 9.02. The Hall–Kier alpha value is -2.88. The van der Waals surface area contributed by atoms with Gasteiger partial charge in [-0.05, 0) is 38.5 Å². The van der Waals surface area contributed by atoms with E-state index < -0.39 is 5.54 Å². The monoisotopic (exact) mass is 410 g/mol. The first kappa shape index (κ1) is 20.8. The second-order valence-corrected chi connectivity index (χ2v) is 7.94. The fourth-order valence-corrected chi connectivity index (χ4v) is 2.78. The van der Waals surface area contributed by atoms with Crippen LogP contribution in [0, 0.1) is 11.8 Å². The number of ether oxygens (including phenoxy) is 1. The Kier molecular flexibility index (Phi) is 6.53. The average Bonchev–Trinajstić information content (AvgIpc) is 3.20. The van der Waals surface area contributed by atoms with Gasteiger partial charge in [0.15, 0.2) is 0 Å². The first-order valence-electron chi connectivity index (χ1n) is 9.27. The van der Waals surface area contributed by atoms with Gasteiger partial charge in [-0.2, -0.15) is 5.10 Å². The molecular formula is C22H23ClN4O2. The zero-order valence-electron chi connectivity index (χ0n) is 16.7. The molecule has 0 bridgehead atoms. The number of imidazole rings is 1. The largest absolute Gasteiger partial charge is 0.375 e. The molecule has 3 rings (SSSR count). The molecule has 1 aromatic carbocycles. The standard InChI is InChI=1S/C22H23ClN4O2/c1-22(2,3)27-21(28)20(23)19(14-25-27)9-8-17-4-6-18(7-5-17)15-29-13-12-26-11-10-24-16-26/h4-7,10-11,14,16H,12-13,15H2,1-3H3. The Morgan fingerprint density at radius 3 is 2.59 bits per heavy atom. The van der Waals surface area contributed by atoms with E-state index >= 15 is 0 Å². The van der Waals surface area contributed by atoms with Gasteiger partial charge in [0, 0.05) is 24.5 Å². The third-order valence-electron chi connectivity index (χ3n) is 4.17. The summed E-state index contributed by atoms with van der Waals surface area (Å²) in [6.07, 6.45) is 6.95. The first-order valence-corrected chi connectivity index (χ1v) is 9.65. The van der Waals surface area contributed by atoms with Crippen LogP contribution >= 0.6 is 11.6 Å². The van der Waals surface area contributed by atoms with Crippen molar-refractivity contribution in [3.8, 4) is 11.8 Å². The Morgan fingerprint density at radius 2 is 1.93 bits per heavy atom. The van der Waals surface area contributed by atoms with Crippen LogP contribution in [0.4, 0.5) is 0 Å². The van der Waals surface area contributed by atoms with Crippen LogP contribution in [-0.2, 0) is 23.4 Å². The highest BCUT2D eigenvalue weighted by molar-refractivity contribution is 6.31. The zero-order valence-corrected chi connectivity index (χ0v) is 17.5. The van der Waals surface area contributed by atoms with E-state index in [-0.39, 0.29) is 10.6 Å². The summed E-state index contributed by atoms with van der Waals surface area (Å²) in [6.45, 7) is 7.60. The minimum absolute atomic E-state index is 0.0883. The maximum absolute atomic E-state index is 12.4. The quantitative estimate of drug-likeness (QED) is 0.477. The van der Waals surface area contributed by atoms with Crippen LogP contribution in [0.25, 0.3) is 0 Å². The van der Waals surface area contributed by atoms with Crippen LogP contribution in [0.1, 0.15) is 37.5 Å². The summed E-state index contributed by atoms with van der Waals surface area (Å²) in [5.41, 5.74) is 1.53. The van der Waals surface area contributed by atoms with Gasteiger partial charge in [0.2, 0.25) is 0 Å². The zero-order chi connectivity index (χ0) is 20.9. The summed E-state index contributed by atoms with van der Waals surface area (Å²) in [6, 6.07) is 7.77. The molecule has 3 aromatic rings. The summed E-state index contributed by atoms with van der Waals surface area (Å²) in [5, 5.41) is 4.28. The highest BCUT2D eigenvalue weighted by atomic mass is 35.5. The molecule has 0 amide bonds. The fraction of sp³-hybridized carbons (Fsp3) is 0.318. The van der Waals surface area contributed by atoms with Crippen molar-refractivity contribution in [2.24, 2.45) is 0 Å². The van der Waals surface area contributed by atoms with E-state index in [1.165, 1.54) is 10.9 Å². The van der Waals surface area contributed by atoms with E-state index in [9.17, 15) is 4.79 Å². The molecule has 6 nitrogen and oxygen atoms in total. The van der Waals surface area contributed by atoms with Crippen molar-refractivity contribution in [2.45, 2.75) is 39.5 Å². The van der Waals surface area contributed by atoms with Gasteiger partial charge in [-0.3, -0.25) is 4.79 Å². The number of aromatic nitrogens is 4. The van der Waals surface area contributed by atoms with Crippen molar-refractivity contribution in [3.63, 3.8) is 0 Å². The molecule has 0 fully saturated rings. The molecule has 0 saturated heterocycles. The van der Waals surface area contributed by atoms with Gasteiger partial charge in [0.1, 0.15) is 5.02 Å². The Balaban J connectivity index is 1.61. The van der Waals surface area contributed by atoms with E-state index in [0.29, 0.717) is 18.8 Å². The predicted molar refractivity (Wildman–Crippen MR) is 113 cm³/mol. The second-order valence-electron chi connectivity index (χ2n) is 7.56. The van der Waals surface area contributed by atoms with E-state index in [1.807, 2.05) is 55.8 Å². The van der Waals surface area contributed by atoms with Crippen molar-refractivity contribution >= 4 is 11.6 Å². The van der Waals surface area contributed by atoms with Gasteiger partial charge in [-0.15, -0.1) is 0 Å². The Bertz CT molecular complexity index is 1070. The van der Waals surface area contributed by atoms with Crippen LogP contribution in [0.5, 0.6) is 0 Å². The van der Waals surface area contributed by atoms with Crippen LogP contribution in [0.15, 0.2) is 54.0 Å². The third kappa shape index (κ3) is 5.57. The molecule has 2 heterocycles. The Morgan fingerprint density at radius 1 is 1.17 bits per heavy atom. The molecule has 7 heteroatoms. The third-order valence-corrected chi connectivity index (χ3v) is 4.54. The maximum atomic E-state index is 12.4. The summed E-state index contributed by atoms with van der Waals surface area (Å²) >= 11 is 6.21. The summed E-state index contributed by atoms with van der Waals surface area (Å²) in [7, 11) is 0. The normalized spacial score (nSPS) is 11.2. The summed E-state index contributed by atoms with van der Waals surface area (Å²) in [4.78, 5) is 16.4. The van der Waals surface area contributed by atoms with E-state index in [1.54, 1.807) is 12.5 Å². The summed E-state index contributed by atoms with van der Waals surface area (Å²) in [5.74, 6) is 5.96. The first-order chi connectivity index (χ1) is 13.8. The van der Waals surface area contributed by atoms with Gasteiger partial charge in [-0.1, -0.05) is 35.6 Å². The lowest BCUT2D eigenvalue weighted by Crippen LogP contribution is -2.36. The topological polar surface area (TPSA) is 61.9 Å². The SMILES string of the molecule is CC(C)(C)n1ncc(C#Cc2ccc(COCCn3ccnc3)cc2)c(Cl)c1=O. The van der Waals surface area contributed by atoms with E-state index in [4.69, 9.17) is 16.3 Å². The predicted octanol–water partition coefficient (Wildman–Crippen LogP) is 3.46. The lowest BCUT2D eigenvalue weighted by atomic mass is 10.1. The molecule has 0 N–H and O–H groups in total. The van der Waals surface area contributed by atoms with Gasteiger partial charge in [-0.25, -0.2) is 9.67 Å². The molecule has 0 unspecified atom stereocenters. The molecule has 29 heavy (non-hydrogen) atoms. The van der Waals surface area contributed by atoms with E-state index in [2.05, 4.69) is 21.9 Å². The molecule has 0 saturated carbocycles. The molecule has 0 radical (unpaired) electrons. The van der Waals surface area contributed by atoms with Crippen molar-refractivity contribution in [1.82, 2.24) is 19.3 Å². The van der Waals surface area contributed by atoms with Gasteiger partial charge < -0.3 is 9.30 Å². The van der Waals surface area contributed by atoms with Gasteiger partial charge in [0.05, 0.1) is 36.8 Å². The maximum Gasteiger partial charge on any atom is 0.287 e. The van der Waals surface area contributed by atoms with Crippen LogP contribution in [-0.4, -0.2) is 25.9 Å². The van der Waals surface area contributed by atoms with Crippen molar-refractivity contribution in [3.05, 3.63) is 81.3 Å². The minimum atomic E-state index is -0.441. The molecule has 150 valence electrons. The Labute approximate surface area is 175 Å². The van der Waals surface area contributed by atoms with Crippen molar-refractivity contribution in [2.75, 3.05) is 6.61 Å². The molecule has 0 aliphatic carbocycles. The fourth-order valence-electron chi connectivity index (χ4n) is 2.60. The second kappa shape index (κ2) is 9.08. The minimum Gasteiger partial charge on any atom is -0.375 e. The molecule has 0 atom stereocenters. The number of benzene rings is 1. The molecule has 0 spiro atoms. The number of hydrogen-bond acceptors (Lipinski definition) is 4. The van der Waals surface area contributed by atoms with Crippen LogP contribution < -0.4 is 5.56 Å². The molecule has 2 aromatic heterocycles. The number of nitrogens with zero attached hydrogens (tertiary/aromatic N) is 4. The van der Waals surface area contributed by atoms with Crippen molar-refractivity contribution in [1.29, 1.82) is 0 Å². The lowest BCUT2D eigenvalue weighted by Gasteiger charge is -2.20. The van der Waals surface area contributed by atoms with Gasteiger partial charge in [0.25, 0.3) is 5.56 Å². The smallest absolute Gasteiger partial charge is 0.287 e. The van der Waals surface area contributed by atoms with E-state index in [0.717, 1.165) is 17.7 Å². The van der Waals surface area contributed by atoms with Crippen molar-refractivity contribution < 1.29 is 4.74 Å². The molecule has 0 aliphatic heterocycles. The van der Waals surface area contributed by atoms with Crippen LogP contribution in [0.3, 0.4) is 0 Å². The number of halogens is 1. The lowest BCUT2D eigenvalue weighted by molar-refractivity contribution is 0.113. The highest BCUT2D eigenvalue weighted by Gasteiger charge is 2.18. The van der Waals surface area contributed by atoms with Crippen LogP contribution in [0.2, 0.25) is 5.02 Å². The molecule has 0 aliphatic rings. The number of hydrogen-bond donors (Lipinski definition) is 0. The highest BCUT2D eigenvalue weighted by Crippen LogP contribution is 2.13. The molecular weight excluding hydrogens is 388 g/mol. The van der Waals surface area contributed by atoms with Gasteiger partial charge >= 0.3 is 0 Å².